The number of benzene rings is 3. The smallest absolute Gasteiger partial charge is 0.267 e. The van der Waals surface area contributed by atoms with E-state index in [1.54, 1.807) is 12.3 Å². The molecule has 4 amide bonds. The number of piperidine rings is 1. The van der Waals surface area contributed by atoms with E-state index in [9.17, 15) is 19.2 Å². The average molecular weight is 967 g/mol. The van der Waals surface area contributed by atoms with Crippen molar-refractivity contribution < 1.29 is 37.8 Å². The third-order valence-electron chi connectivity index (χ3n) is 11.9. The highest BCUT2D eigenvalue weighted by Crippen LogP contribution is 2.38. The van der Waals surface area contributed by atoms with Crippen LogP contribution in [-0.4, -0.2) is 116 Å². The Kier molecular flexibility index (Phi) is 16.5. The van der Waals surface area contributed by atoms with Crippen LogP contribution < -0.4 is 30.9 Å². The van der Waals surface area contributed by atoms with Crippen LogP contribution in [0.3, 0.4) is 0 Å². The van der Waals surface area contributed by atoms with Gasteiger partial charge >= 0.3 is 0 Å². The van der Waals surface area contributed by atoms with Crippen molar-refractivity contribution in [2.24, 2.45) is 0 Å². The number of fused-ring (bicyclic) bond motifs is 3. The molecule has 0 saturated carbocycles. The Morgan fingerprint density at radius 2 is 1.76 bits per heavy atom. The molecule has 1 atom stereocenters. The molecule has 0 bridgehead atoms. The fraction of sp³-hybridized carbons (Fsp3) is 0.408. The number of halogens is 1. The van der Waals surface area contributed by atoms with Crippen molar-refractivity contribution in [1.82, 2.24) is 30.5 Å². The second kappa shape index (κ2) is 23.2. The number of hydrogen-bond acceptors (Lipinski definition) is 15. The molecule has 1 unspecified atom stereocenters. The molecule has 2 aliphatic heterocycles. The molecule has 19 heteroatoms. The van der Waals surface area contributed by atoms with E-state index in [1.165, 1.54) is 17.5 Å². The first kappa shape index (κ1) is 48.3. The van der Waals surface area contributed by atoms with Crippen molar-refractivity contribution in [1.29, 1.82) is 0 Å². The highest BCUT2D eigenvalue weighted by atomic mass is 35.5. The molecule has 0 radical (unpaired) electrons. The topological polar surface area (TPSA) is 202 Å². The van der Waals surface area contributed by atoms with Crippen molar-refractivity contribution in [2.45, 2.75) is 58.3 Å². The number of amides is 4. The summed E-state index contributed by atoms with van der Waals surface area (Å²) in [5.41, 5.74) is 2.94. The minimum absolute atomic E-state index is 0.0338. The van der Waals surface area contributed by atoms with Gasteiger partial charge in [0.25, 0.3) is 5.91 Å². The number of carbonyl (C=O) groups is 4. The quantitative estimate of drug-likeness (QED) is 0.0384. The summed E-state index contributed by atoms with van der Waals surface area (Å²) in [5.74, 6) is 1.58. The Balaban J connectivity index is 0.642. The lowest BCUT2D eigenvalue weighted by atomic mass is 9.89. The summed E-state index contributed by atoms with van der Waals surface area (Å²) in [7, 11) is 0. The van der Waals surface area contributed by atoms with Crippen molar-refractivity contribution in [3.05, 3.63) is 93.9 Å². The summed E-state index contributed by atoms with van der Waals surface area (Å²) in [6.45, 7) is 10.7. The van der Waals surface area contributed by atoms with E-state index in [0.29, 0.717) is 103 Å². The number of nitrogens with zero attached hydrogens (tertiary/aromatic N) is 5. The minimum atomic E-state index is -0.434. The summed E-state index contributed by atoms with van der Waals surface area (Å²) in [5, 5.41) is 15.3. The molecule has 0 spiro atoms. The van der Waals surface area contributed by atoms with Crippen LogP contribution in [0.4, 0.5) is 22.5 Å². The second-order valence-electron chi connectivity index (χ2n) is 16.8. The Morgan fingerprint density at radius 1 is 0.941 bits per heavy atom. The first-order valence-corrected chi connectivity index (χ1v) is 24.2. The van der Waals surface area contributed by atoms with E-state index in [4.69, 9.17) is 35.2 Å². The summed E-state index contributed by atoms with van der Waals surface area (Å²) in [6, 6.07) is 17.0. The number of thiazole rings is 1. The minimum Gasteiger partial charge on any atom is -0.491 e. The Bertz CT molecular complexity index is 2720. The number of nitrogens with one attached hydrogen (secondary N) is 4. The number of unbranched alkanes of at least 4 members (excludes halogenated alkanes) is 2. The molecule has 5 heterocycles. The van der Waals surface area contributed by atoms with Gasteiger partial charge < -0.3 is 39.5 Å². The highest BCUT2D eigenvalue weighted by Gasteiger charge is 2.31. The van der Waals surface area contributed by atoms with Gasteiger partial charge in [0, 0.05) is 62.6 Å². The number of piperazine rings is 1. The number of anilines is 4. The molecule has 3 aromatic carbocycles. The number of para-hydroxylation sites is 1. The van der Waals surface area contributed by atoms with Crippen LogP contribution in [0.25, 0.3) is 21.7 Å². The van der Waals surface area contributed by atoms with E-state index in [-0.39, 0.29) is 23.6 Å². The van der Waals surface area contributed by atoms with Gasteiger partial charge in [-0.05, 0) is 86.3 Å². The monoisotopic (exact) mass is 965 g/mol. The number of aryl methyl sites for hydroxylation is 2. The highest BCUT2D eigenvalue weighted by molar-refractivity contribution is 7.17. The SMILES string of the molecule is Cc1nc(Nc2ncc(C(=O)Nc3c(C)cccc3Cl)s2)cc(N2CCN(CCCCCC(=O)NCCOCCOCCOc3ccc4c(ccc5occ(C6CCC(=O)NC6=O)c54)c3)CC2)n1. The summed E-state index contributed by atoms with van der Waals surface area (Å²) in [6.07, 6.45) is 7.25. The molecular formula is C49H56ClN9O8S. The van der Waals surface area contributed by atoms with Crippen molar-refractivity contribution in [3.63, 3.8) is 0 Å². The average Bonchev–Trinajstić information content (AvgIpc) is 3.98. The van der Waals surface area contributed by atoms with Gasteiger partial charge in [0.2, 0.25) is 17.7 Å². The van der Waals surface area contributed by atoms with Crippen LogP contribution in [0.1, 0.15) is 71.1 Å². The first-order chi connectivity index (χ1) is 33.1. The fourth-order valence-electron chi connectivity index (χ4n) is 8.39. The second-order valence-corrected chi connectivity index (χ2v) is 18.2. The number of rotatable bonds is 22. The Hall–Kier alpha value is -6.18. The number of furan rings is 1. The third kappa shape index (κ3) is 12.7. The molecule has 17 nitrogen and oxygen atoms in total. The van der Waals surface area contributed by atoms with E-state index in [1.807, 2.05) is 62.4 Å². The van der Waals surface area contributed by atoms with Gasteiger partial charge in [-0.15, -0.1) is 0 Å². The van der Waals surface area contributed by atoms with Crippen LogP contribution in [0, 0.1) is 13.8 Å². The van der Waals surface area contributed by atoms with Gasteiger partial charge in [-0.25, -0.2) is 15.0 Å². The van der Waals surface area contributed by atoms with Crippen LogP contribution in [-0.2, 0) is 23.9 Å². The van der Waals surface area contributed by atoms with Gasteiger partial charge in [0.1, 0.15) is 40.3 Å². The predicted octanol–water partition coefficient (Wildman–Crippen LogP) is 7.53. The normalized spacial score (nSPS) is 15.5. The molecule has 68 heavy (non-hydrogen) atoms. The van der Waals surface area contributed by atoms with E-state index >= 15 is 0 Å². The van der Waals surface area contributed by atoms with E-state index in [2.05, 4.69) is 41.0 Å². The van der Waals surface area contributed by atoms with Crippen molar-refractivity contribution in [3.8, 4) is 5.75 Å². The molecule has 2 fully saturated rings. The Morgan fingerprint density at radius 3 is 2.59 bits per heavy atom. The molecule has 4 N–H and O–H groups in total. The lowest BCUT2D eigenvalue weighted by molar-refractivity contribution is -0.134. The van der Waals surface area contributed by atoms with Crippen LogP contribution in [0.2, 0.25) is 5.02 Å². The Labute approximate surface area is 403 Å². The summed E-state index contributed by atoms with van der Waals surface area (Å²) < 4.78 is 23.0. The van der Waals surface area contributed by atoms with Gasteiger partial charge in [-0.3, -0.25) is 29.4 Å². The maximum Gasteiger partial charge on any atom is 0.267 e. The molecule has 2 aliphatic rings. The van der Waals surface area contributed by atoms with Gasteiger partial charge in [0.15, 0.2) is 5.13 Å². The van der Waals surface area contributed by atoms with Crippen molar-refractivity contribution in [2.75, 3.05) is 87.8 Å². The molecule has 358 valence electrons. The number of hydrogen-bond donors (Lipinski definition) is 4. The maximum absolute atomic E-state index is 12.9. The molecule has 8 rings (SSSR count). The zero-order chi connectivity index (χ0) is 47.4. The standard InChI is InChI=1S/C49H56ClN9O8S/c1-31-7-6-8-38(50)46(31)57-48(63)40-29-52-49(68-40)55-41-28-42(54-32(2)53-41)59-20-18-58(19-21-59)17-5-3-4-9-43(60)51-16-22-64-23-24-65-25-26-66-34-11-12-35-33(27-34)10-14-39-45(35)37(30-67-39)36-13-15-44(61)56-47(36)62/h6-8,10-12,14,27-30,36H,3-5,9,13,15-26H2,1-2H3,(H,51,60)(H,57,63)(H,56,61,62)(H,52,53,54,55). The molecule has 2 saturated heterocycles. The van der Waals surface area contributed by atoms with Gasteiger partial charge in [-0.1, -0.05) is 47.6 Å². The number of carbonyl (C=O) groups excluding carboxylic acids is 4. The first-order valence-electron chi connectivity index (χ1n) is 23.0. The molecular weight excluding hydrogens is 910 g/mol. The molecule has 0 aliphatic carbocycles. The lowest BCUT2D eigenvalue weighted by Gasteiger charge is -2.35. The number of imide groups is 1. The van der Waals surface area contributed by atoms with Crippen molar-refractivity contribution >= 4 is 90.8 Å². The van der Waals surface area contributed by atoms with Crippen LogP contribution in [0.15, 0.2) is 71.5 Å². The van der Waals surface area contributed by atoms with E-state index in [0.717, 1.165) is 85.1 Å². The number of ether oxygens (including phenoxy) is 3. The summed E-state index contributed by atoms with van der Waals surface area (Å²) >= 11 is 7.53. The molecule has 6 aromatic rings. The maximum atomic E-state index is 12.9. The van der Waals surface area contributed by atoms with Gasteiger partial charge in [0.05, 0.1) is 55.5 Å². The largest absolute Gasteiger partial charge is 0.491 e. The number of aromatic nitrogens is 3. The lowest BCUT2D eigenvalue weighted by Crippen LogP contribution is -2.47. The zero-order valence-corrected chi connectivity index (χ0v) is 39.8. The van der Waals surface area contributed by atoms with Crippen LogP contribution in [0.5, 0.6) is 5.75 Å². The van der Waals surface area contributed by atoms with Gasteiger partial charge in [-0.2, -0.15) is 0 Å². The third-order valence-corrected chi connectivity index (χ3v) is 13.2. The van der Waals surface area contributed by atoms with Crippen LogP contribution >= 0.6 is 22.9 Å². The predicted molar refractivity (Wildman–Crippen MR) is 262 cm³/mol. The van der Waals surface area contributed by atoms with E-state index < -0.39 is 5.92 Å². The molecule has 3 aromatic heterocycles. The fourth-order valence-corrected chi connectivity index (χ4v) is 9.37. The zero-order valence-electron chi connectivity index (χ0n) is 38.2. The summed E-state index contributed by atoms with van der Waals surface area (Å²) in [4.78, 5) is 68.4.